The van der Waals surface area contributed by atoms with Crippen molar-refractivity contribution >= 4 is 50.8 Å². The van der Waals surface area contributed by atoms with Gasteiger partial charge in [-0.3, -0.25) is 4.99 Å². The first kappa shape index (κ1) is 20.9. The maximum atomic E-state index is 12.1. The summed E-state index contributed by atoms with van der Waals surface area (Å²) >= 11 is 0. The van der Waals surface area contributed by atoms with E-state index in [0.29, 0.717) is 19.6 Å². The first-order valence-corrected chi connectivity index (χ1v) is 10.1. The predicted octanol–water partition coefficient (Wildman–Crippen LogP) is 1.81. The second-order valence-corrected chi connectivity index (χ2v) is 9.67. The molecule has 0 spiro atoms. The molecule has 144 valence electrons. The van der Waals surface area contributed by atoms with Crippen LogP contribution in [-0.4, -0.2) is 66.4 Å². The number of benzene rings is 1. The number of nitrogens with one attached hydrogen (secondary N) is 2. The van der Waals surface area contributed by atoms with Crippen LogP contribution >= 0.6 is 24.0 Å². The number of fused-ring (bicyclic) bond motifs is 1. The summed E-state index contributed by atoms with van der Waals surface area (Å²) in [6.07, 6.45) is 0.739. The minimum Gasteiger partial charge on any atom is -0.356 e. The van der Waals surface area contributed by atoms with E-state index in [-0.39, 0.29) is 29.7 Å². The molecule has 26 heavy (non-hydrogen) atoms. The molecule has 9 heteroatoms. The number of H-pyrrole nitrogens is 1. The molecule has 0 atom stereocenters. The molecule has 1 aliphatic heterocycles. The topological polar surface area (TPSA) is 90.4 Å². The van der Waals surface area contributed by atoms with Crippen molar-refractivity contribution in [2.24, 2.45) is 4.99 Å². The maximum Gasteiger partial charge on any atom is 0.193 e. The van der Waals surface area contributed by atoms with Crippen molar-refractivity contribution in [3.8, 4) is 0 Å². The van der Waals surface area contributed by atoms with E-state index in [1.54, 1.807) is 20.9 Å². The average molecular weight is 491 g/mol. The van der Waals surface area contributed by atoms with E-state index in [1.807, 2.05) is 29.2 Å². The Balaban J connectivity index is 0.00000243. The lowest BCUT2D eigenvalue weighted by molar-refractivity contribution is 0.353. The number of imidazole rings is 1. The number of guanidine groups is 1. The van der Waals surface area contributed by atoms with E-state index in [0.717, 1.165) is 29.2 Å². The Morgan fingerprint density at radius 3 is 2.77 bits per heavy atom. The lowest BCUT2D eigenvalue weighted by atomic mass is 10.2. The van der Waals surface area contributed by atoms with Gasteiger partial charge in [-0.15, -0.1) is 24.0 Å². The predicted molar refractivity (Wildman–Crippen MR) is 116 cm³/mol. The Labute approximate surface area is 171 Å². The van der Waals surface area contributed by atoms with Crippen LogP contribution in [0.2, 0.25) is 0 Å². The number of nitrogens with zero attached hydrogens (tertiary/aromatic N) is 3. The second-order valence-electron chi connectivity index (χ2n) is 6.92. The fourth-order valence-corrected chi connectivity index (χ4v) is 4.44. The van der Waals surface area contributed by atoms with Crippen LogP contribution < -0.4 is 5.32 Å². The normalized spacial score (nSPS) is 19.2. The number of hydrogen-bond donors (Lipinski definition) is 2. The van der Waals surface area contributed by atoms with Gasteiger partial charge in [0, 0.05) is 33.1 Å². The summed E-state index contributed by atoms with van der Waals surface area (Å²) in [5, 5.41) is 3.32. The van der Waals surface area contributed by atoms with Gasteiger partial charge < -0.3 is 15.2 Å². The Kier molecular flexibility index (Phi) is 6.54. The molecule has 1 fully saturated rings. The molecule has 2 aromatic rings. The van der Waals surface area contributed by atoms with Gasteiger partial charge in [0.1, 0.15) is 5.82 Å². The number of para-hydroxylation sites is 2. The van der Waals surface area contributed by atoms with Gasteiger partial charge in [-0.2, -0.15) is 0 Å². The lowest BCUT2D eigenvalue weighted by Crippen LogP contribution is -2.57. The van der Waals surface area contributed by atoms with E-state index >= 15 is 0 Å². The Bertz CT molecular complexity index is 858. The number of aromatic amines is 1. The maximum absolute atomic E-state index is 12.1. The zero-order valence-electron chi connectivity index (χ0n) is 15.3. The van der Waals surface area contributed by atoms with Crippen LogP contribution in [0.4, 0.5) is 0 Å². The summed E-state index contributed by atoms with van der Waals surface area (Å²) in [7, 11) is -1.33. The molecule has 2 heterocycles. The molecule has 0 unspecified atom stereocenters. The van der Waals surface area contributed by atoms with Crippen molar-refractivity contribution in [2.45, 2.75) is 25.0 Å². The number of aromatic nitrogens is 2. The number of hydrogen-bond acceptors (Lipinski definition) is 4. The molecule has 3 rings (SSSR count). The van der Waals surface area contributed by atoms with Gasteiger partial charge >= 0.3 is 0 Å². The number of rotatable bonds is 3. The summed E-state index contributed by atoms with van der Waals surface area (Å²) in [5.74, 6) is 1.81. The van der Waals surface area contributed by atoms with Crippen molar-refractivity contribution in [1.82, 2.24) is 20.2 Å². The quantitative estimate of drug-likeness (QED) is 0.389. The van der Waals surface area contributed by atoms with Crippen LogP contribution in [0.5, 0.6) is 0 Å². The van der Waals surface area contributed by atoms with Crippen LogP contribution in [0.15, 0.2) is 29.3 Å². The summed E-state index contributed by atoms with van der Waals surface area (Å²) in [4.78, 5) is 14.2. The van der Waals surface area contributed by atoms with E-state index in [9.17, 15) is 8.42 Å². The Morgan fingerprint density at radius 2 is 2.12 bits per heavy atom. The Hall–Kier alpha value is -1.36. The van der Waals surface area contributed by atoms with Crippen molar-refractivity contribution in [3.05, 3.63) is 30.1 Å². The van der Waals surface area contributed by atoms with Crippen LogP contribution in [0.25, 0.3) is 11.0 Å². The number of halogens is 1. The molecule has 0 bridgehead atoms. The molecular formula is C17H26IN5O2S. The molecule has 1 aliphatic rings. The minimum absolute atomic E-state index is 0. The average Bonchev–Trinajstić information content (AvgIpc) is 2.97. The molecular weight excluding hydrogens is 465 g/mol. The van der Waals surface area contributed by atoms with E-state index < -0.39 is 14.6 Å². The van der Waals surface area contributed by atoms with Crippen molar-refractivity contribution in [2.75, 3.05) is 32.4 Å². The highest BCUT2D eigenvalue weighted by Gasteiger charge is 2.40. The Morgan fingerprint density at radius 1 is 1.38 bits per heavy atom. The van der Waals surface area contributed by atoms with Crippen molar-refractivity contribution < 1.29 is 8.42 Å². The summed E-state index contributed by atoms with van der Waals surface area (Å²) in [6.45, 7) is 5.14. The highest BCUT2D eigenvalue weighted by atomic mass is 127. The van der Waals surface area contributed by atoms with Gasteiger partial charge in [-0.1, -0.05) is 12.1 Å². The largest absolute Gasteiger partial charge is 0.356 e. The fraction of sp³-hybridized carbons (Fsp3) is 0.529. The van der Waals surface area contributed by atoms with Gasteiger partial charge in [-0.25, -0.2) is 13.4 Å². The molecule has 2 N–H and O–H groups in total. The molecule has 7 nitrogen and oxygen atoms in total. The first-order chi connectivity index (χ1) is 11.8. The van der Waals surface area contributed by atoms with E-state index in [2.05, 4.69) is 20.3 Å². The summed E-state index contributed by atoms with van der Waals surface area (Å²) < 4.78 is 23.5. The van der Waals surface area contributed by atoms with E-state index in [4.69, 9.17) is 0 Å². The zero-order chi connectivity index (χ0) is 18.1. The third kappa shape index (κ3) is 4.30. The smallest absolute Gasteiger partial charge is 0.193 e. The van der Waals surface area contributed by atoms with Gasteiger partial charge in [0.2, 0.25) is 0 Å². The molecule has 1 aromatic heterocycles. The molecule has 0 amide bonds. The molecule has 0 radical (unpaired) electrons. The van der Waals surface area contributed by atoms with E-state index in [1.165, 1.54) is 0 Å². The van der Waals surface area contributed by atoms with Crippen LogP contribution in [-0.2, 0) is 16.3 Å². The van der Waals surface area contributed by atoms with Crippen LogP contribution in [0.3, 0.4) is 0 Å². The fourth-order valence-electron chi connectivity index (χ4n) is 3.07. The summed E-state index contributed by atoms with van der Waals surface area (Å²) in [6, 6.07) is 7.95. The number of sulfone groups is 1. The number of aliphatic imine (C=N–C) groups is 1. The molecule has 0 aliphatic carbocycles. The first-order valence-electron chi connectivity index (χ1n) is 8.44. The summed E-state index contributed by atoms with van der Waals surface area (Å²) in [5.41, 5.74) is 2.00. The van der Waals surface area contributed by atoms with Crippen molar-refractivity contribution in [1.29, 1.82) is 0 Å². The highest BCUT2D eigenvalue weighted by Crippen LogP contribution is 2.23. The van der Waals surface area contributed by atoms with Gasteiger partial charge in [-0.05, 0) is 26.0 Å². The highest BCUT2D eigenvalue weighted by molar-refractivity contribution is 14.0. The van der Waals surface area contributed by atoms with Gasteiger partial charge in [0.15, 0.2) is 15.8 Å². The van der Waals surface area contributed by atoms with Gasteiger partial charge in [0.25, 0.3) is 0 Å². The minimum atomic E-state index is -3.05. The van der Waals surface area contributed by atoms with Gasteiger partial charge in [0.05, 0.1) is 21.5 Å². The second kappa shape index (κ2) is 8.12. The standard InChI is InChI=1S/C17H25N5O2S.HI/c1-17(2)12-22(10-11-25(17,23)24)16(18-3)19-9-8-15-20-13-6-4-5-7-14(13)21-15;/h4-7H,8-12H2,1-3H3,(H,18,19)(H,20,21);1H. The van der Waals surface area contributed by atoms with Crippen LogP contribution in [0.1, 0.15) is 19.7 Å². The third-order valence-corrected chi connectivity index (χ3v) is 7.17. The van der Waals surface area contributed by atoms with Crippen LogP contribution in [0, 0.1) is 0 Å². The lowest BCUT2D eigenvalue weighted by Gasteiger charge is -2.39. The molecule has 0 saturated carbocycles. The van der Waals surface area contributed by atoms with Crippen molar-refractivity contribution in [3.63, 3.8) is 0 Å². The SMILES string of the molecule is CN=C(NCCc1nc2ccccc2[nH]1)N1CCS(=O)(=O)C(C)(C)C1.I. The molecule has 1 aromatic carbocycles. The molecule has 1 saturated heterocycles. The monoisotopic (exact) mass is 491 g/mol. The third-order valence-electron chi connectivity index (χ3n) is 4.64. The zero-order valence-corrected chi connectivity index (χ0v) is 18.5.